The van der Waals surface area contributed by atoms with E-state index in [0.29, 0.717) is 6.54 Å². The largest absolute Gasteiger partial charge is 0.303 e. The second-order valence-corrected chi connectivity index (χ2v) is 5.14. The number of hydrogen-bond donors (Lipinski definition) is 1. The maximum atomic E-state index is 6.01. The molecular formula is C15H15ClN4. The van der Waals surface area contributed by atoms with Crippen LogP contribution in [-0.4, -0.2) is 14.6 Å². The Morgan fingerprint density at radius 1 is 1.20 bits per heavy atom. The van der Waals surface area contributed by atoms with E-state index in [-0.39, 0.29) is 6.04 Å². The predicted molar refractivity (Wildman–Crippen MR) is 79.7 cm³/mol. The molecule has 3 rings (SSSR count). The quantitative estimate of drug-likeness (QED) is 0.801. The molecule has 3 aromatic rings. The third-order valence-electron chi connectivity index (χ3n) is 3.30. The van der Waals surface area contributed by atoms with Gasteiger partial charge in [0, 0.05) is 17.3 Å². The number of benzene rings is 1. The summed E-state index contributed by atoms with van der Waals surface area (Å²) in [5, 5.41) is 12.5. The van der Waals surface area contributed by atoms with E-state index in [1.54, 1.807) is 0 Å². The molecule has 0 fully saturated rings. The van der Waals surface area contributed by atoms with Crippen molar-refractivity contribution in [3.63, 3.8) is 0 Å². The lowest BCUT2D eigenvalue weighted by atomic mass is 10.1. The van der Waals surface area contributed by atoms with Crippen LogP contribution in [0.4, 0.5) is 0 Å². The Balaban J connectivity index is 1.73. The third kappa shape index (κ3) is 2.66. The van der Waals surface area contributed by atoms with E-state index in [9.17, 15) is 0 Å². The summed E-state index contributed by atoms with van der Waals surface area (Å²) < 4.78 is 1.98. The fourth-order valence-corrected chi connectivity index (χ4v) is 2.35. The van der Waals surface area contributed by atoms with E-state index < -0.39 is 0 Å². The first kappa shape index (κ1) is 13.1. The molecule has 0 radical (unpaired) electrons. The van der Waals surface area contributed by atoms with Gasteiger partial charge in [-0.15, -0.1) is 10.2 Å². The second-order valence-electron chi connectivity index (χ2n) is 4.70. The standard InChI is InChI=1S/C15H15ClN4/c1-11(12-5-4-6-13(16)9-12)17-10-15-19-18-14-7-2-3-8-20(14)15/h2-9,11,17H,10H2,1H3. The summed E-state index contributed by atoms with van der Waals surface area (Å²) in [6.45, 7) is 2.76. The zero-order valence-corrected chi connectivity index (χ0v) is 11.9. The Kier molecular flexibility index (Phi) is 3.67. The first-order chi connectivity index (χ1) is 9.74. The van der Waals surface area contributed by atoms with Crippen molar-refractivity contribution in [2.45, 2.75) is 19.5 Å². The number of nitrogens with zero attached hydrogens (tertiary/aromatic N) is 3. The highest BCUT2D eigenvalue weighted by molar-refractivity contribution is 6.30. The van der Waals surface area contributed by atoms with E-state index in [1.165, 1.54) is 0 Å². The van der Waals surface area contributed by atoms with Crippen LogP contribution in [0.2, 0.25) is 5.02 Å². The maximum Gasteiger partial charge on any atom is 0.160 e. The highest BCUT2D eigenvalue weighted by atomic mass is 35.5. The van der Waals surface area contributed by atoms with Gasteiger partial charge in [-0.25, -0.2) is 0 Å². The summed E-state index contributed by atoms with van der Waals surface area (Å²) in [6, 6.07) is 13.9. The molecule has 4 nitrogen and oxygen atoms in total. The third-order valence-corrected chi connectivity index (χ3v) is 3.53. The number of hydrogen-bond acceptors (Lipinski definition) is 3. The summed E-state index contributed by atoms with van der Waals surface area (Å²) in [5.41, 5.74) is 2.02. The number of nitrogens with one attached hydrogen (secondary N) is 1. The van der Waals surface area contributed by atoms with E-state index in [2.05, 4.69) is 28.5 Å². The fraction of sp³-hybridized carbons (Fsp3) is 0.200. The van der Waals surface area contributed by atoms with Crippen molar-refractivity contribution in [3.8, 4) is 0 Å². The van der Waals surface area contributed by atoms with Crippen molar-refractivity contribution in [1.29, 1.82) is 0 Å². The minimum absolute atomic E-state index is 0.199. The molecule has 0 aliphatic rings. The van der Waals surface area contributed by atoms with Crippen LogP contribution < -0.4 is 5.32 Å². The molecule has 1 aromatic carbocycles. The van der Waals surface area contributed by atoms with E-state index >= 15 is 0 Å². The molecule has 0 saturated carbocycles. The lowest BCUT2D eigenvalue weighted by Gasteiger charge is -2.13. The monoisotopic (exact) mass is 286 g/mol. The number of aromatic nitrogens is 3. The zero-order valence-electron chi connectivity index (χ0n) is 11.1. The summed E-state index contributed by atoms with van der Waals surface area (Å²) >= 11 is 6.01. The van der Waals surface area contributed by atoms with Gasteiger partial charge in [0.2, 0.25) is 0 Å². The van der Waals surface area contributed by atoms with Crippen molar-refractivity contribution in [1.82, 2.24) is 19.9 Å². The van der Waals surface area contributed by atoms with Gasteiger partial charge in [0.1, 0.15) is 0 Å². The van der Waals surface area contributed by atoms with Gasteiger partial charge in [-0.3, -0.25) is 4.40 Å². The molecule has 0 saturated heterocycles. The highest BCUT2D eigenvalue weighted by Gasteiger charge is 2.08. The molecule has 5 heteroatoms. The normalized spacial score (nSPS) is 12.7. The van der Waals surface area contributed by atoms with E-state index in [1.807, 2.05) is 47.0 Å². The number of halogens is 1. The van der Waals surface area contributed by atoms with E-state index in [0.717, 1.165) is 22.1 Å². The molecule has 0 bridgehead atoms. The fourth-order valence-electron chi connectivity index (χ4n) is 2.15. The summed E-state index contributed by atoms with van der Waals surface area (Å²) in [7, 11) is 0. The molecule has 0 spiro atoms. The van der Waals surface area contributed by atoms with Gasteiger partial charge in [0.05, 0.1) is 6.54 Å². The summed E-state index contributed by atoms with van der Waals surface area (Å²) in [6.07, 6.45) is 1.97. The van der Waals surface area contributed by atoms with Gasteiger partial charge in [-0.2, -0.15) is 0 Å². The molecule has 102 valence electrons. The van der Waals surface area contributed by atoms with Crippen LogP contribution >= 0.6 is 11.6 Å². The van der Waals surface area contributed by atoms with Gasteiger partial charge < -0.3 is 5.32 Å². The topological polar surface area (TPSA) is 42.2 Å². The summed E-state index contributed by atoms with van der Waals surface area (Å²) in [4.78, 5) is 0. The summed E-state index contributed by atoms with van der Waals surface area (Å²) in [5.74, 6) is 0.898. The van der Waals surface area contributed by atoms with Crippen LogP contribution in [0.5, 0.6) is 0 Å². The molecular weight excluding hydrogens is 272 g/mol. The van der Waals surface area contributed by atoms with Crippen molar-refractivity contribution < 1.29 is 0 Å². The molecule has 2 aromatic heterocycles. The number of fused-ring (bicyclic) bond motifs is 1. The minimum Gasteiger partial charge on any atom is -0.303 e. The Hall–Kier alpha value is -1.91. The van der Waals surface area contributed by atoms with Gasteiger partial charge in [0.25, 0.3) is 0 Å². The van der Waals surface area contributed by atoms with E-state index in [4.69, 9.17) is 11.6 Å². The predicted octanol–water partition coefficient (Wildman–Crippen LogP) is 3.23. The SMILES string of the molecule is CC(NCc1nnc2ccccn12)c1cccc(Cl)c1. The average Bonchev–Trinajstić information content (AvgIpc) is 2.88. The first-order valence-corrected chi connectivity index (χ1v) is 6.89. The van der Waals surface area contributed by atoms with Crippen molar-refractivity contribution in [2.75, 3.05) is 0 Å². The maximum absolute atomic E-state index is 6.01. The molecule has 0 aliphatic heterocycles. The molecule has 20 heavy (non-hydrogen) atoms. The molecule has 0 aliphatic carbocycles. The molecule has 0 amide bonds. The lowest BCUT2D eigenvalue weighted by molar-refractivity contribution is 0.556. The Labute approximate surface area is 122 Å². The first-order valence-electron chi connectivity index (χ1n) is 6.51. The minimum atomic E-state index is 0.199. The van der Waals surface area contributed by atoms with Crippen molar-refractivity contribution >= 4 is 17.2 Å². The van der Waals surface area contributed by atoms with Crippen LogP contribution in [0, 0.1) is 0 Å². The lowest BCUT2D eigenvalue weighted by Crippen LogP contribution is -2.19. The van der Waals surface area contributed by atoms with Crippen LogP contribution in [-0.2, 0) is 6.54 Å². The molecule has 1 N–H and O–H groups in total. The van der Waals surface area contributed by atoms with Crippen molar-refractivity contribution in [2.24, 2.45) is 0 Å². The van der Waals surface area contributed by atoms with Gasteiger partial charge in [-0.05, 0) is 36.8 Å². The smallest absolute Gasteiger partial charge is 0.160 e. The van der Waals surface area contributed by atoms with Crippen LogP contribution in [0.15, 0.2) is 48.7 Å². The van der Waals surface area contributed by atoms with Gasteiger partial charge in [0.15, 0.2) is 11.5 Å². The Morgan fingerprint density at radius 2 is 2.10 bits per heavy atom. The number of rotatable bonds is 4. The average molecular weight is 287 g/mol. The van der Waals surface area contributed by atoms with Crippen LogP contribution in [0.1, 0.15) is 24.4 Å². The zero-order chi connectivity index (χ0) is 13.9. The molecule has 1 unspecified atom stereocenters. The molecule has 1 atom stereocenters. The second kappa shape index (κ2) is 5.61. The van der Waals surface area contributed by atoms with Crippen LogP contribution in [0.3, 0.4) is 0 Å². The number of pyridine rings is 1. The highest BCUT2D eigenvalue weighted by Crippen LogP contribution is 2.17. The van der Waals surface area contributed by atoms with Crippen LogP contribution in [0.25, 0.3) is 5.65 Å². The Morgan fingerprint density at radius 3 is 2.95 bits per heavy atom. The van der Waals surface area contributed by atoms with Gasteiger partial charge >= 0.3 is 0 Å². The Bertz CT molecular complexity index is 722. The van der Waals surface area contributed by atoms with Gasteiger partial charge in [-0.1, -0.05) is 29.8 Å². The van der Waals surface area contributed by atoms with Crippen molar-refractivity contribution in [3.05, 3.63) is 65.1 Å². The molecule has 2 heterocycles.